The summed E-state index contributed by atoms with van der Waals surface area (Å²) in [5.74, 6) is 2.51. The van der Waals surface area contributed by atoms with Crippen LogP contribution in [-0.2, 0) is 11.2 Å². The molecule has 9 heteroatoms. The van der Waals surface area contributed by atoms with Crippen LogP contribution in [0.5, 0.6) is 5.75 Å². The van der Waals surface area contributed by atoms with Gasteiger partial charge in [0.15, 0.2) is 11.6 Å². The Labute approximate surface area is 269 Å². The maximum absolute atomic E-state index is 12.7. The molecule has 3 aromatic rings. The number of nitrogens with zero attached hydrogens (tertiary/aromatic N) is 6. The normalized spacial score (nSPS) is 18.0. The fourth-order valence-electron chi connectivity index (χ4n) is 7.01. The number of anilines is 2. The summed E-state index contributed by atoms with van der Waals surface area (Å²) in [6, 6.07) is 13.2. The van der Waals surface area contributed by atoms with Crippen LogP contribution in [0.15, 0.2) is 36.4 Å². The molecule has 2 aliphatic rings. The number of methoxy groups -OCH3 is 1. The number of carbonyl (C=O) groups is 1. The summed E-state index contributed by atoms with van der Waals surface area (Å²) < 4.78 is 7.35. The fourth-order valence-corrected chi connectivity index (χ4v) is 7.01. The van der Waals surface area contributed by atoms with Gasteiger partial charge in [0, 0.05) is 62.8 Å². The van der Waals surface area contributed by atoms with Crippen LogP contribution in [0.1, 0.15) is 80.9 Å². The van der Waals surface area contributed by atoms with Crippen molar-refractivity contribution in [3.63, 3.8) is 0 Å². The molecule has 1 amide bonds. The lowest BCUT2D eigenvalue weighted by Gasteiger charge is -2.37. The highest BCUT2D eigenvalue weighted by molar-refractivity contribution is 5.76. The molecule has 244 valence electrons. The van der Waals surface area contributed by atoms with Gasteiger partial charge in [0.25, 0.3) is 0 Å². The van der Waals surface area contributed by atoms with Crippen molar-refractivity contribution in [1.82, 2.24) is 24.6 Å². The van der Waals surface area contributed by atoms with Crippen molar-refractivity contribution in [3.05, 3.63) is 59.0 Å². The zero-order chi connectivity index (χ0) is 31.9. The van der Waals surface area contributed by atoms with E-state index >= 15 is 0 Å². The molecular formula is C36H53N7O2. The van der Waals surface area contributed by atoms with Crippen LogP contribution in [0.2, 0.25) is 0 Å². The van der Waals surface area contributed by atoms with Crippen LogP contribution in [0, 0.1) is 19.8 Å². The Balaban J connectivity index is 1.28. The zero-order valence-electron chi connectivity index (χ0n) is 28.1. The Kier molecular flexibility index (Phi) is 11.0. The van der Waals surface area contributed by atoms with Crippen LogP contribution in [0.25, 0.3) is 5.69 Å². The van der Waals surface area contributed by atoms with Crippen molar-refractivity contribution >= 4 is 17.4 Å². The number of hydrogen-bond donors (Lipinski definition) is 1. The van der Waals surface area contributed by atoms with Gasteiger partial charge in [-0.1, -0.05) is 20.3 Å². The average molecular weight is 616 g/mol. The van der Waals surface area contributed by atoms with E-state index in [0.717, 1.165) is 101 Å². The predicted molar refractivity (Wildman–Crippen MR) is 182 cm³/mol. The van der Waals surface area contributed by atoms with Crippen molar-refractivity contribution < 1.29 is 9.53 Å². The molecule has 2 saturated heterocycles. The van der Waals surface area contributed by atoms with E-state index < -0.39 is 0 Å². The van der Waals surface area contributed by atoms with Crippen LogP contribution in [0.3, 0.4) is 0 Å². The van der Waals surface area contributed by atoms with Crippen molar-refractivity contribution in [2.24, 2.45) is 5.92 Å². The molecule has 2 unspecified atom stereocenters. The second kappa shape index (κ2) is 15.1. The summed E-state index contributed by atoms with van der Waals surface area (Å²) in [6.45, 7) is 15.2. The maximum atomic E-state index is 12.7. The number of aromatic nitrogens is 3. The first-order valence-corrected chi connectivity index (χ1v) is 17.0. The second-order valence-corrected chi connectivity index (χ2v) is 13.0. The van der Waals surface area contributed by atoms with Crippen LogP contribution >= 0.6 is 0 Å². The Bertz CT molecular complexity index is 1430. The largest absolute Gasteiger partial charge is 0.493 e. The molecule has 2 aliphatic heterocycles. The van der Waals surface area contributed by atoms with E-state index in [1.54, 1.807) is 7.11 Å². The third-order valence-corrected chi connectivity index (χ3v) is 9.71. The standard InChI is InChI=1S/C36H53N7O2/c1-6-8-9-35(44)42-18-16-41(17-19-42)32-21-30(22-33(23-32)43-27(4)20-26(3)39-43)29(7-2)25-40-15-14-28(24-40)10-11-31-12-13-34(45-5)36(37)38-31/h12-13,20-23,28-29H,6-11,14-19,24-25H2,1-5H3,(H2,37,38). The molecule has 5 rings (SSSR count). The van der Waals surface area contributed by atoms with E-state index in [0.29, 0.717) is 35.7 Å². The number of rotatable bonds is 13. The van der Waals surface area contributed by atoms with Gasteiger partial charge in [-0.15, -0.1) is 0 Å². The average Bonchev–Trinajstić information content (AvgIpc) is 3.65. The molecule has 2 aromatic heterocycles. The minimum Gasteiger partial charge on any atom is -0.493 e. The number of ether oxygens (including phenoxy) is 1. The lowest BCUT2D eigenvalue weighted by molar-refractivity contribution is -0.131. The molecule has 2 atom stereocenters. The van der Waals surface area contributed by atoms with Gasteiger partial charge < -0.3 is 25.2 Å². The lowest BCUT2D eigenvalue weighted by Crippen LogP contribution is -2.48. The number of amides is 1. The van der Waals surface area contributed by atoms with Gasteiger partial charge in [-0.25, -0.2) is 9.67 Å². The van der Waals surface area contributed by atoms with E-state index in [-0.39, 0.29) is 0 Å². The smallest absolute Gasteiger partial charge is 0.222 e. The minimum absolute atomic E-state index is 0.299. The van der Waals surface area contributed by atoms with Gasteiger partial charge >= 0.3 is 0 Å². The van der Waals surface area contributed by atoms with Gasteiger partial charge in [-0.05, 0) is 106 Å². The third kappa shape index (κ3) is 8.17. The number of carbonyl (C=O) groups excluding carboxylic acids is 1. The SMILES string of the molecule is CCCCC(=O)N1CCN(c2cc(C(CC)CN3CCC(CCc4ccc(OC)c(N)n4)C3)cc(-n3nc(C)cc3C)c2)CC1. The molecule has 0 saturated carbocycles. The van der Waals surface area contributed by atoms with Crippen molar-refractivity contribution in [2.75, 3.05) is 63.6 Å². The van der Waals surface area contributed by atoms with Crippen LogP contribution in [-0.4, -0.2) is 83.4 Å². The number of nitrogens with two attached hydrogens (primary N) is 1. The summed E-state index contributed by atoms with van der Waals surface area (Å²) >= 11 is 0. The first kappa shape index (κ1) is 32.8. The topological polar surface area (TPSA) is 92.8 Å². The number of benzene rings is 1. The molecule has 45 heavy (non-hydrogen) atoms. The van der Waals surface area contributed by atoms with Gasteiger partial charge in [0.2, 0.25) is 5.91 Å². The van der Waals surface area contributed by atoms with Crippen molar-refractivity contribution in [2.45, 2.75) is 78.6 Å². The number of piperazine rings is 1. The number of hydrogen-bond acceptors (Lipinski definition) is 7. The molecule has 1 aromatic carbocycles. The number of pyridine rings is 1. The molecule has 4 heterocycles. The van der Waals surface area contributed by atoms with E-state index in [1.807, 2.05) is 12.1 Å². The van der Waals surface area contributed by atoms with Gasteiger partial charge in [-0.2, -0.15) is 5.10 Å². The molecule has 0 bridgehead atoms. The number of unbranched alkanes of at least 4 members (excludes halogenated alkanes) is 1. The van der Waals surface area contributed by atoms with E-state index in [1.165, 1.54) is 17.7 Å². The summed E-state index contributed by atoms with van der Waals surface area (Å²) in [4.78, 5) is 24.4. The summed E-state index contributed by atoms with van der Waals surface area (Å²) in [6.07, 6.45) is 7.05. The summed E-state index contributed by atoms with van der Waals surface area (Å²) in [7, 11) is 1.62. The van der Waals surface area contributed by atoms with Gasteiger partial charge in [-0.3, -0.25) is 4.79 Å². The zero-order valence-corrected chi connectivity index (χ0v) is 28.1. The maximum Gasteiger partial charge on any atom is 0.222 e. The van der Waals surface area contributed by atoms with Gasteiger partial charge in [0.05, 0.1) is 18.5 Å². The van der Waals surface area contributed by atoms with E-state index in [9.17, 15) is 4.79 Å². The highest BCUT2D eigenvalue weighted by Gasteiger charge is 2.27. The molecule has 2 fully saturated rings. The Morgan fingerprint density at radius 2 is 1.82 bits per heavy atom. The minimum atomic E-state index is 0.299. The van der Waals surface area contributed by atoms with Crippen LogP contribution in [0.4, 0.5) is 11.5 Å². The quantitative estimate of drug-likeness (QED) is 0.261. The number of nitrogen functional groups attached to an aromatic ring is 1. The fraction of sp³-hybridized carbons (Fsp3) is 0.583. The highest BCUT2D eigenvalue weighted by atomic mass is 16.5. The Morgan fingerprint density at radius 3 is 2.49 bits per heavy atom. The first-order valence-electron chi connectivity index (χ1n) is 17.0. The molecular weight excluding hydrogens is 562 g/mol. The van der Waals surface area contributed by atoms with Gasteiger partial charge in [0.1, 0.15) is 0 Å². The van der Waals surface area contributed by atoms with E-state index in [2.05, 4.69) is 76.3 Å². The number of likely N-dealkylation sites (tertiary alicyclic amines) is 1. The molecule has 9 nitrogen and oxygen atoms in total. The summed E-state index contributed by atoms with van der Waals surface area (Å²) in [5.41, 5.74) is 13.0. The second-order valence-electron chi connectivity index (χ2n) is 13.0. The lowest BCUT2D eigenvalue weighted by atomic mass is 9.94. The summed E-state index contributed by atoms with van der Waals surface area (Å²) in [5, 5.41) is 4.85. The molecule has 0 radical (unpaired) electrons. The first-order chi connectivity index (χ1) is 21.8. The monoisotopic (exact) mass is 615 g/mol. The molecule has 0 aliphatic carbocycles. The molecule has 0 spiro atoms. The van der Waals surface area contributed by atoms with E-state index in [4.69, 9.17) is 15.6 Å². The Hall–Kier alpha value is -3.59. The highest BCUT2D eigenvalue weighted by Crippen LogP contribution is 2.32. The number of aryl methyl sites for hydroxylation is 3. The third-order valence-electron chi connectivity index (χ3n) is 9.71. The van der Waals surface area contributed by atoms with Crippen LogP contribution < -0.4 is 15.4 Å². The van der Waals surface area contributed by atoms with Crippen molar-refractivity contribution in [1.29, 1.82) is 0 Å². The van der Waals surface area contributed by atoms with Crippen molar-refractivity contribution in [3.8, 4) is 11.4 Å². The Morgan fingerprint density at radius 1 is 1.04 bits per heavy atom. The molecule has 2 N–H and O–H groups in total. The predicted octanol–water partition coefficient (Wildman–Crippen LogP) is 5.76.